The summed E-state index contributed by atoms with van der Waals surface area (Å²) < 4.78 is 13.3. The number of rotatable bonds is 4. The van der Waals surface area contributed by atoms with Crippen LogP contribution in [0.15, 0.2) is 77.7 Å². The lowest BCUT2D eigenvalue weighted by Gasteiger charge is -2.10. The van der Waals surface area contributed by atoms with Gasteiger partial charge >= 0.3 is 6.03 Å². The van der Waals surface area contributed by atoms with E-state index in [1.165, 1.54) is 12.1 Å². The Morgan fingerprint density at radius 1 is 0.964 bits per heavy atom. The summed E-state index contributed by atoms with van der Waals surface area (Å²) in [6.07, 6.45) is 1.99. The lowest BCUT2D eigenvalue weighted by molar-refractivity contribution is 0.262. The molecule has 0 aliphatic carbocycles. The summed E-state index contributed by atoms with van der Waals surface area (Å²) >= 11 is 1.61. The first-order valence-electron chi connectivity index (χ1n) is 8.73. The van der Waals surface area contributed by atoms with Gasteiger partial charge in [-0.2, -0.15) is 0 Å². The van der Waals surface area contributed by atoms with E-state index in [4.69, 9.17) is 0 Å². The molecule has 0 bridgehead atoms. The second-order valence-electron chi connectivity index (χ2n) is 6.24. The normalized spacial score (nSPS) is 10.8. The number of aromatic amines is 1. The third kappa shape index (κ3) is 3.73. The summed E-state index contributed by atoms with van der Waals surface area (Å²) in [5, 5.41) is 6.71. The lowest BCUT2D eigenvalue weighted by atomic mass is 10.1. The lowest BCUT2D eigenvalue weighted by Crippen LogP contribution is -2.19. The molecule has 0 aliphatic heterocycles. The van der Waals surface area contributed by atoms with Gasteiger partial charge in [0, 0.05) is 27.0 Å². The molecule has 0 radical (unpaired) electrons. The molecule has 1 aromatic heterocycles. The van der Waals surface area contributed by atoms with Crippen molar-refractivity contribution in [3.8, 4) is 11.3 Å². The van der Waals surface area contributed by atoms with Crippen molar-refractivity contribution >= 4 is 40.1 Å². The van der Waals surface area contributed by atoms with Gasteiger partial charge in [0.15, 0.2) is 0 Å². The van der Waals surface area contributed by atoms with E-state index in [9.17, 15) is 9.18 Å². The number of aromatic nitrogens is 1. The second-order valence-corrected chi connectivity index (χ2v) is 7.12. The Hall–Kier alpha value is -3.25. The minimum atomic E-state index is -0.341. The van der Waals surface area contributed by atoms with E-state index >= 15 is 0 Å². The molecule has 0 aliphatic rings. The molecule has 4 aromatic rings. The molecule has 28 heavy (non-hydrogen) atoms. The molecule has 3 N–H and O–H groups in total. The van der Waals surface area contributed by atoms with Crippen LogP contribution >= 0.6 is 11.8 Å². The number of amides is 2. The summed E-state index contributed by atoms with van der Waals surface area (Å²) in [4.78, 5) is 17.0. The topological polar surface area (TPSA) is 56.9 Å². The number of hydrogen-bond donors (Lipinski definition) is 3. The Morgan fingerprint density at radius 3 is 2.54 bits per heavy atom. The minimum Gasteiger partial charge on any atom is -0.353 e. The van der Waals surface area contributed by atoms with E-state index in [0.29, 0.717) is 11.4 Å². The Balaban J connectivity index is 1.68. The van der Waals surface area contributed by atoms with Crippen LogP contribution in [0, 0.1) is 5.82 Å². The summed E-state index contributed by atoms with van der Waals surface area (Å²) in [6.45, 7) is 0. The van der Waals surface area contributed by atoms with Crippen molar-refractivity contribution in [3.63, 3.8) is 0 Å². The number of H-pyrrole nitrogens is 1. The van der Waals surface area contributed by atoms with Gasteiger partial charge in [0.1, 0.15) is 5.82 Å². The first-order chi connectivity index (χ1) is 13.6. The number of urea groups is 1. The largest absolute Gasteiger partial charge is 0.353 e. The molecule has 0 spiro atoms. The van der Waals surface area contributed by atoms with Gasteiger partial charge in [0.2, 0.25) is 0 Å². The van der Waals surface area contributed by atoms with Crippen LogP contribution in [0.4, 0.5) is 20.6 Å². The molecule has 2 amide bonds. The Bertz CT molecular complexity index is 1140. The fraction of sp³-hybridized carbons (Fsp3) is 0.0455. The van der Waals surface area contributed by atoms with Gasteiger partial charge in [0.25, 0.3) is 0 Å². The standard InChI is InChI=1S/C22H18FN3OS/c1-28-17-6-4-5-16(13-17)24-22(27)26-21-18-7-2-3-8-19(18)25-20(21)14-9-11-15(23)12-10-14/h2-13,25H,1H3,(H2,24,26,27). The van der Waals surface area contributed by atoms with Crippen LogP contribution in [0.5, 0.6) is 0 Å². The van der Waals surface area contributed by atoms with Crippen LogP contribution in [0.3, 0.4) is 0 Å². The van der Waals surface area contributed by atoms with Crippen molar-refractivity contribution < 1.29 is 9.18 Å². The van der Waals surface area contributed by atoms with Crippen LogP contribution in [-0.2, 0) is 0 Å². The van der Waals surface area contributed by atoms with Crippen molar-refractivity contribution in [1.29, 1.82) is 0 Å². The number of para-hydroxylation sites is 1. The summed E-state index contributed by atoms with van der Waals surface area (Å²) in [5.74, 6) is -0.305. The highest BCUT2D eigenvalue weighted by molar-refractivity contribution is 7.98. The van der Waals surface area contributed by atoms with Gasteiger partial charge in [0.05, 0.1) is 11.4 Å². The third-order valence-electron chi connectivity index (χ3n) is 4.41. The monoisotopic (exact) mass is 391 g/mol. The number of halogens is 1. The van der Waals surface area contributed by atoms with E-state index < -0.39 is 0 Å². The first kappa shape index (κ1) is 18.1. The minimum absolute atomic E-state index is 0.305. The summed E-state index contributed by atoms with van der Waals surface area (Å²) in [5.41, 5.74) is 3.78. The van der Waals surface area contributed by atoms with E-state index in [0.717, 1.165) is 27.1 Å². The third-order valence-corrected chi connectivity index (χ3v) is 5.13. The number of benzene rings is 3. The fourth-order valence-corrected chi connectivity index (χ4v) is 3.54. The molecule has 0 fully saturated rings. The van der Waals surface area contributed by atoms with Crippen molar-refractivity contribution in [3.05, 3.63) is 78.6 Å². The molecule has 140 valence electrons. The van der Waals surface area contributed by atoms with Crippen molar-refractivity contribution in [1.82, 2.24) is 4.98 Å². The van der Waals surface area contributed by atoms with Gasteiger partial charge in [-0.15, -0.1) is 11.8 Å². The zero-order valence-corrected chi connectivity index (χ0v) is 15.9. The predicted octanol–water partition coefficient (Wildman–Crippen LogP) is 6.34. The van der Waals surface area contributed by atoms with E-state index in [1.807, 2.05) is 54.8 Å². The van der Waals surface area contributed by atoms with Crippen LogP contribution in [0.1, 0.15) is 0 Å². The van der Waals surface area contributed by atoms with Crippen molar-refractivity contribution in [2.75, 3.05) is 16.9 Å². The average molecular weight is 391 g/mol. The molecule has 1 heterocycles. The van der Waals surface area contributed by atoms with Crippen LogP contribution in [0.2, 0.25) is 0 Å². The number of carbonyl (C=O) groups excluding carboxylic acids is 1. The maximum atomic E-state index is 13.3. The Morgan fingerprint density at radius 2 is 1.75 bits per heavy atom. The molecular formula is C22H18FN3OS. The van der Waals surface area contributed by atoms with E-state index in [2.05, 4.69) is 15.6 Å². The molecule has 4 nitrogen and oxygen atoms in total. The van der Waals surface area contributed by atoms with Crippen molar-refractivity contribution in [2.45, 2.75) is 4.90 Å². The predicted molar refractivity (Wildman–Crippen MR) is 115 cm³/mol. The molecule has 0 unspecified atom stereocenters. The Labute approximate surface area is 166 Å². The molecule has 0 saturated heterocycles. The maximum absolute atomic E-state index is 13.3. The quantitative estimate of drug-likeness (QED) is 0.356. The zero-order valence-electron chi connectivity index (χ0n) is 15.1. The molecule has 4 rings (SSSR count). The maximum Gasteiger partial charge on any atom is 0.323 e. The smallest absolute Gasteiger partial charge is 0.323 e. The van der Waals surface area contributed by atoms with E-state index in [1.54, 1.807) is 23.9 Å². The SMILES string of the molecule is CSc1cccc(NC(=O)Nc2c(-c3ccc(F)cc3)[nH]c3ccccc23)c1. The highest BCUT2D eigenvalue weighted by Gasteiger charge is 2.15. The number of thioether (sulfide) groups is 1. The molecule has 0 atom stereocenters. The van der Waals surface area contributed by atoms with Gasteiger partial charge in [-0.3, -0.25) is 0 Å². The highest BCUT2D eigenvalue weighted by atomic mass is 32.2. The van der Waals surface area contributed by atoms with Crippen LogP contribution in [0.25, 0.3) is 22.2 Å². The second kappa shape index (κ2) is 7.78. The number of anilines is 2. The van der Waals surface area contributed by atoms with Gasteiger partial charge < -0.3 is 15.6 Å². The first-order valence-corrected chi connectivity index (χ1v) is 9.95. The number of hydrogen-bond acceptors (Lipinski definition) is 2. The molecule has 0 saturated carbocycles. The van der Waals surface area contributed by atoms with Crippen LogP contribution < -0.4 is 10.6 Å². The number of nitrogens with one attached hydrogen (secondary N) is 3. The van der Waals surface area contributed by atoms with Gasteiger partial charge in [-0.1, -0.05) is 24.3 Å². The molecular weight excluding hydrogens is 373 g/mol. The summed E-state index contributed by atoms with van der Waals surface area (Å²) in [7, 11) is 0. The van der Waals surface area contributed by atoms with Crippen molar-refractivity contribution in [2.24, 2.45) is 0 Å². The average Bonchev–Trinajstić information content (AvgIpc) is 3.07. The Kier molecular flexibility index (Phi) is 5.04. The molecule has 6 heteroatoms. The molecule has 3 aromatic carbocycles. The van der Waals surface area contributed by atoms with Gasteiger partial charge in [-0.05, 0) is 54.8 Å². The zero-order chi connectivity index (χ0) is 19.5. The fourth-order valence-electron chi connectivity index (χ4n) is 3.08. The number of carbonyl (C=O) groups is 1. The van der Waals surface area contributed by atoms with E-state index in [-0.39, 0.29) is 11.8 Å². The number of fused-ring (bicyclic) bond motifs is 1. The summed E-state index contributed by atoms with van der Waals surface area (Å²) in [6, 6.07) is 21.2. The van der Waals surface area contributed by atoms with Gasteiger partial charge in [-0.25, -0.2) is 9.18 Å². The highest BCUT2D eigenvalue weighted by Crippen LogP contribution is 2.35. The van der Waals surface area contributed by atoms with Crippen LogP contribution in [-0.4, -0.2) is 17.3 Å².